The third-order valence-electron chi connectivity index (χ3n) is 3.37. The Morgan fingerprint density at radius 1 is 1.10 bits per heavy atom. The van der Waals surface area contributed by atoms with E-state index in [4.69, 9.17) is 16.3 Å². The highest BCUT2D eigenvalue weighted by atomic mass is 35.5. The van der Waals surface area contributed by atoms with E-state index in [1.165, 1.54) is 12.3 Å². The van der Waals surface area contributed by atoms with Crippen LogP contribution in [0.2, 0.25) is 5.02 Å². The Balaban J connectivity index is 1.85. The van der Waals surface area contributed by atoms with Crippen LogP contribution >= 0.6 is 11.6 Å². The van der Waals surface area contributed by atoms with Crippen LogP contribution in [0.5, 0.6) is 5.75 Å². The number of nitrogens with zero attached hydrogens (tertiary/aromatic N) is 1. The number of halogens is 1. The normalized spacial score (nSPS) is 10.2. The van der Waals surface area contributed by atoms with Crippen molar-refractivity contribution in [1.29, 1.82) is 0 Å². The third-order valence-corrected chi connectivity index (χ3v) is 3.70. The number of ether oxygens (including phenoxy) is 1. The second-order valence-corrected chi connectivity index (χ2v) is 5.99. The van der Waals surface area contributed by atoms with Gasteiger partial charge in [0.15, 0.2) is 6.61 Å². The van der Waals surface area contributed by atoms with E-state index in [1.807, 2.05) is 0 Å². The molecule has 9 heteroatoms. The van der Waals surface area contributed by atoms with E-state index < -0.39 is 11.8 Å². The number of amides is 3. The van der Waals surface area contributed by atoms with Crippen LogP contribution in [-0.4, -0.2) is 37.1 Å². The number of carbonyl (C=O) groups is 3. The fourth-order valence-electron chi connectivity index (χ4n) is 2.04. The van der Waals surface area contributed by atoms with Gasteiger partial charge in [0.1, 0.15) is 5.75 Å². The molecular formula is C20H19ClN4O4. The molecule has 0 bridgehead atoms. The Morgan fingerprint density at radius 3 is 2.66 bits per heavy atom. The highest BCUT2D eigenvalue weighted by molar-refractivity contribution is 6.35. The molecule has 0 saturated carbocycles. The lowest BCUT2D eigenvalue weighted by Crippen LogP contribution is -2.37. The minimum absolute atomic E-state index is 0.180. The summed E-state index contributed by atoms with van der Waals surface area (Å²) in [6.45, 7) is 3.40. The van der Waals surface area contributed by atoms with Gasteiger partial charge in [-0.3, -0.25) is 14.4 Å². The number of hydrazone groups is 1. The van der Waals surface area contributed by atoms with E-state index in [0.29, 0.717) is 22.0 Å². The van der Waals surface area contributed by atoms with Crippen LogP contribution in [-0.2, 0) is 14.4 Å². The summed E-state index contributed by atoms with van der Waals surface area (Å²) in [6.07, 6.45) is 2.80. The van der Waals surface area contributed by atoms with Gasteiger partial charge >= 0.3 is 11.8 Å². The zero-order valence-electron chi connectivity index (χ0n) is 15.4. The number of rotatable bonds is 8. The predicted octanol–water partition coefficient (Wildman–Crippen LogP) is 2.11. The largest absolute Gasteiger partial charge is 0.484 e. The smallest absolute Gasteiger partial charge is 0.329 e. The topological polar surface area (TPSA) is 109 Å². The molecule has 150 valence electrons. The molecular weight excluding hydrogens is 396 g/mol. The Labute approximate surface area is 172 Å². The van der Waals surface area contributed by atoms with Crippen molar-refractivity contribution in [2.45, 2.75) is 0 Å². The number of benzene rings is 2. The van der Waals surface area contributed by atoms with Crippen molar-refractivity contribution < 1.29 is 19.1 Å². The molecule has 0 aromatic heterocycles. The maximum Gasteiger partial charge on any atom is 0.329 e. The lowest BCUT2D eigenvalue weighted by atomic mass is 10.2. The second kappa shape index (κ2) is 11.3. The van der Waals surface area contributed by atoms with Gasteiger partial charge in [-0.15, -0.1) is 6.58 Å². The molecule has 2 rings (SSSR count). The van der Waals surface area contributed by atoms with E-state index in [9.17, 15) is 14.4 Å². The Bertz CT molecular complexity index is 930. The Kier molecular flexibility index (Phi) is 8.40. The van der Waals surface area contributed by atoms with Crippen molar-refractivity contribution in [2.24, 2.45) is 5.10 Å². The maximum absolute atomic E-state index is 12.0. The van der Waals surface area contributed by atoms with Crippen LogP contribution in [0, 0.1) is 0 Å². The van der Waals surface area contributed by atoms with Crippen molar-refractivity contribution >= 4 is 41.2 Å². The average Bonchev–Trinajstić information content (AvgIpc) is 2.72. The second-order valence-electron chi connectivity index (χ2n) is 5.59. The number of carbonyl (C=O) groups excluding carboxylic acids is 3. The minimum Gasteiger partial charge on any atom is -0.484 e. The summed E-state index contributed by atoms with van der Waals surface area (Å²) in [5, 5.41) is 9.12. The van der Waals surface area contributed by atoms with Crippen LogP contribution in [0.25, 0.3) is 0 Å². The molecule has 0 spiro atoms. The molecule has 0 atom stereocenters. The molecule has 0 aliphatic heterocycles. The molecule has 0 radical (unpaired) electrons. The van der Waals surface area contributed by atoms with Gasteiger partial charge in [-0.1, -0.05) is 41.9 Å². The van der Waals surface area contributed by atoms with Gasteiger partial charge in [0.2, 0.25) is 0 Å². The molecule has 0 heterocycles. The fraction of sp³-hybridized carbons (Fsp3) is 0.100. The van der Waals surface area contributed by atoms with Gasteiger partial charge in [0, 0.05) is 6.54 Å². The van der Waals surface area contributed by atoms with Crippen molar-refractivity contribution in [2.75, 3.05) is 18.5 Å². The average molecular weight is 415 g/mol. The Morgan fingerprint density at radius 2 is 1.90 bits per heavy atom. The van der Waals surface area contributed by atoms with E-state index in [-0.39, 0.29) is 19.1 Å². The van der Waals surface area contributed by atoms with Gasteiger partial charge < -0.3 is 15.4 Å². The summed E-state index contributed by atoms with van der Waals surface area (Å²) in [7, 11) is 0. The zero-order chi connectivity index (χ0) is 21.1. The van der Waals surface area contributed by atoms with E-state index in [2.05, 4.69) is 27.7 Å². The standard InChI is InChI=1S/C20H19ClN4O4/c1-2-10-22-19(27)20(28)25-23-12-14-6-5-7-15(11-14)29-13-18(26)24-17-9-4-3-8-16(17)21/h2-9,11-12H,1,10,13H2,(H,22,27)(H,24,26)(H,25,28)/b23-12-. The molecule has 2 aromatic rings. The monoisotopic (exact) mass is 414 g/mol. The molecule has 0 aliphatic rings. The zero-order valence-corrected chi connectivity index (χ0v) is 16.1. The first-order chi connectivity index (χ1) is 14.0. The molecule has 29 heavy (non-hydrogen) atoms. The molecule has 0 saturated heterocycles. The third kappa shape index (κ3) is 7.47. The van der Waals surface area contributed by atoms with Crippen LogP contribution in [0.1, 0.15) is 5.56 Å². The van der Waals surface area contributed by atoms with E-state index in [1.54, 1.807) is 48.5 Å². The molecule has 0 fully saturated rings. The molecule has 3 amide bonds. The number of anilines is 1. The predicted molar refractivity (Wildman–Crippen MR) is 111 cm³/mol. The molecule has 2 aromatic carbocycles. The van der Waals surface area contributed by atoms with Crippen LogP contribution in [0.15, 0.2) is 66.3 Å². The fourth-order valence-corrected chi connectivity index (χ4v) is 2.23. The SMILES string of the molecule is C=CCNC(=O)C(=O)N/N=C\c1cccc(OCC(=O)Nc2ccccc2Cl)c1. The minimum atomic E-state index is -0.897. The Hall–Kier alpha value is -3.65. The summed E-state index contributed by atoms with van der Waals surface area (Å²) in [6, 6.07) is 13.6. The molecule has 0 aliphatic carbocycles. The first-order valence-electron chi connectivity index (χ1n) is 8.49. The number of hydrogen-bond donors (Lipinski definition) is 3. The van der Waals surface area contributed by atoms with Crippen LogP contribution in [0.4, 0.5) is 5.69 Å². The van der Waals surface area contributed by atoms with Gasteiger partial charge in [-0.05, 0) is 29.8 Å². The van der Waals surface area contributed by atoms with Gasteiger partial charge in [0.05, 0.1) is 16.9 Å². The van der Waals surface area contributed by atoms with Crippen molar-refractivity contribution in [3.63, 3.8) is 0 Å². The lowest BCUT2D eigenvalue weighted by Gasteiger charge is -2.09. The summed E-state index contributed by atoms with van der Waals surface area (Å²) in [5.74, 6) is -1.65. The lowest BCUT2D eigenvalue weighted by molar-refractivity contribution is -0.139. The maximum atomic E-state index is 12.0. The molecule has 3 N–H and O–H groups in total. The number of nitrogens with one attached hydrogen (secondary N) is 3. The van der Waals surface area contributed by atoms with Crippen LogP contribution < -0.4 is 20.8 Å². The summed E-state index contributed by atoms with van der Waals surface area (Å²) >= 11 is 5.99. The van der Waals surface area contributed by atoms with Crippen molar-refractivity contribution in [3.05, 3.63) is 71.8 Å². The number of para-hydroxylation sites is 1. The highest BCUT2D eigenvalue weighted by Crippen LogP contribution is 2.20. The van der Waals surface area contributed by atoms with Crippen LogP contribution in [0.3, 0.4) is 0 Å². The summed E-state index contributed by atoms with van der Waals surface area (Å²) < 4.78 is 5.45. The molecule has 0 unspecified atom stereocenters. The van der Waals surface area contributed by atoms with E-state index in [0.717, 1.165) is 0 Å². The van der Waals surface area contributed by atoms with E-state index >= 15 is 0 Å². The quantitative estimate of drug-likeness (QED) is 0.266. The van der Waals surface area contributed by atoms with Gasteiger partial charge in [-0.2, -0.15) is 5.10 Å². The molecule has 8 nitrogen and oxygen atoms in total. The van der Waals surface area contributed by atoms with Gasteiger partial charge in [0.25, 0.3) is 5.91 Å². The first-order valence-corrected chi connectivity index (χ1v) is 8.86. The highest BCUT2D eigenvalue weighted by Gasteiger charge is 2.10. The summed E-state index contributed by atoms with van der Waals surface area (Å²) in [5.41, 5.74) is 3.20. The first kappa shape index (κ1) is 21.6. The summed E-state index contributed by atoms with van der Waals surface area (Å²) in [4.78, 5) is 34.9. The van der Waals surface area contributed by atoms with Gasteiger partial charge in [-0.25, -0.2) is 5.43 Å². The van der Waals surface area contributed by atoms with Crippen molar-refractivity contribution in [1.82, 2.24) is 10.7 Å². The van der Waals surface area contributed by atoms with Crippen molar-refractivity contribution in [3.8, 4) is 5.75 Å². The number of hydrogen-bond acceptors (Lipinski definition) is 5.